The van der Waals surface area contributed by atoms with E-state index < -0.39 is 10.0 Å². The molecule has 0 saturated carbocycles. The highest BCUT2D eigenvalue weighted by molar-refractivity contribution is 7.93. The van der Waals surface area contributed by atoms with Crippen LogP contribution in [0.15, 0.2) is 18.2 Å². The molecule has 1 aromatic carbocycles. The predicted molar refractivity (Wildman–Crippen MR) is 74.6 cm³/mol. The topological polar surface area (TPSA) is 58.2 Å². The van der Waals surface area contributed by atoms with Crippen LogP contribution < -0.4 is 10.0 Å². The van der Waals surface area contributed by atoms with E-state index in [2.05, 4.69) is 10.0 Å². The first-order valence-corrected chi connectivity index (χ1v) is 7.90. The van der Waals surface area contributed by atoms with Crippen LogP contribution in [0.2, 0.25) is 5.02 Å². The molecule has 100 valence electrons. The molecule has 1 saturated heterocycles. The lowest BCUT2D eigenvalue weighted by molar-refractivity contribution is 0.499. The van der Waals surface area contributed by atoms with Gasteiger partial charge in [0.2, 0.25) is 10.0 Å². The van der Waals surface area contributed by atoms with Gasteiger partial charge in [-0.25, -0.2) is 8.42 Å². The minimum absolute atomic E-state index is 0.338. The maximum atomic E-state index is 12.2. The van der Waals surface area contributed by atoms with Gasteiger partial charge in [0, 0.05) is 0 Å². The summed E-state index contributed by atoms with van der Waals surface area (Å²) < 4.78 is 27.1. The smallest absolute Gasteiger partial charge is 0.235 e. The van der Waals surface area contributed by atoms with Crippen molar-refractivity contribution in [2.75, 3.05) is 17.8 Å². The number of sulfonamides is 1. The van der Waals surface area contributed by atoms with Crippen LogP contribution in [0.4, 0.5) is 5.69 Å². The van der Waals surface area contributed by atoms with Gasteiger partial charge in [0.25, 0.3) is 0 Å². The Kier molecular flexibility index (Phi) is 4.14. The van der Waals surface area contributed by atoms with Crippen LogP contribution in [0.1, 0.15) is 18.4 Å². The lowest BCUT2D eigenvalue weighted by Gasteiger charge is -2.23. The van der Waals surface area contributed by atoms with Gasteiger partial charge in [0.15, 0.2) is 0 Å². The fourth-order valence-electron chi connectivity index (χ4n) is 2.06. The zero-order valence-electron chi connectivity index (χ0n) is 10.2. The van der Waals surface area contributed by atoms with Crippen molar-refractivity contribution in [3.63, 3.8) is 0 Å². The molecule has 18 heavy (non-hydrogen) atoms. The van der Waals surface area contributed by atoms with Gasteiger partial charge in [0.05, 0.1) is 16.0 Å². The highest BCUT2D eigenvalue weighted by atomic mass is 35.5. The summed E-state index contributed by atoms with van der Waals surface area (Å²) in [6, 6.07) is 5.31. The fraction of sp³-hybridized carbons (Fsp3) is 0.500. The maximum absolute atomic E-state index is 12.2. The third kappa shape index (κ3) is 3.16. The highest BCUT2D eigenvalue weighted by Crippen LogP contribution is 2.26. The Hall–Kier alpha value is -0.780. The SMILES string of the molecule is Cc1ccc(Cl)c(NS(=O)(=O)C2CCNCC2)c1. The van der Waals surface area contributed by atoms with Gasteiger partial charge in [-0.15, -0.1) is 0 Å². The van der Waals surface area contributed by atoms with Crippen molar-refractivity contribution in [3.8, 4) is 0 Å². The Labute approximate surface area is 113 Å². The van der Waals surface area contributed by atoms with Crippen molar-refractivity contribution >= 4 is 27.3 Å². The van der Waals surface area contributed by atoms with E-state index in [1.807, 2.05) is 13.0 Å². The van der Waals surface area contributed by atoms with Crippen LogP contribution in [-0.4, -0.2) is 26.8 Å². The quantitative estimate of drug-likeness (QED) is 0.896. The maximum Gasteiger partial charge on any atom is 0.235 e. The van der Waals surface area contributed by atoms with Gasteiger partial charge in [-0.1, -0.05) is 17.7 Å². The van der Waals surface area contributed by atoms with Gasteiger partial charge in [-0.05, 0) is 50.6 Å². The van der Waals surface area contributed by atoms with E-state index in [0.29, 0.717) is 23.6 Å². The van der Waals surface area contributed by atoms with Crippen LogP contribution in [0, 0.1) is 6.92 Å². The van der Waals surface area contributed by atoms with Crippen molar-refractivity contribution in [1.82, 2.24) is 5.32 Å². The second kappa shape index (κ2) is 5.47. The predicted octanol–water partition coefficient (Wildman–Crippen LogP) is 2.14. The summed E-state index contributed by atoms with van der Waals surface area (Å²) in [4.78, 5) is 0. The molecule has 0 amide bonds. The van der Waals surface area contributed by atoms with Crippen LogP contribution in [0.3, 0.4) is 0 Å². The van der Waals surface area contributed by atoms with E-state index in [0.717, 1.165) is 18.7 Å². The summed E-state index contributed by atoms with van der Waals surface area (Å²) in [5.74, 6) is 0. The van der Waals surface area contributed by atoms with Crippen molar-refractivity contribution in [2.45, 2.75) is 25.0 Å². The largest absolute Gasteiger partial charge is 0.317 e. The van der Waals surface area contributed by atoms with E-state index in [1.165, 1.54) is 0 Å². The summed E-state index contributed by atoms with van der Waals surface area (Å²) in [5, 5.41) is 3.24. The molecule has 1 heterocycles. The number of rotatable bonds is 3. The number of piperidine rings is 1. The summed E-state index contributed by atoms with van der Waals surface area (Å²) in [7, 11) is -3.35. The molecular formula is C12H17ClN2O2S. The summed E-state index contributed by atoms with van der Waals surface area (Å²) >= 11 is 6.00. The van der Waals surface area contributed by atoms with Crippen molar-refractivity contribution in [3.05, 3.63) is 28.8 Å². The molecule has 4 nitrogen and oxygen atoms in total. The summed E-state index contributed by atoms with van der Waals surface area (Å²) in [6.45, 7) is 3.39. The first-order valence-electron chi connectivity index (χ1n) is 5.97. The number of anilines is 1. The molecule has 6 heteroatoms. The van der Waals surface area contributed by atoms with Crippen LogP contribution in [0.5, 0.6) is 0 Å². The lowest BCUT2D eigenvalue weighted by Crippen LogP contribution is -2.38. The van der Waals surface area contributed by atoms with Gasteiger partial charge in [-0.2, -0.15) is 0 Å². The van der Waals surface area contributed by atoms with Gasteiger partial charge >= 0.3 is 0 Å². The number of aryl methyl sites for hydroxylation is 1. The molecule has 1 aliphatic rings. The monoisotopic (exact) mass is 288 g/mol. The molecule has 1 fully saturated rings. The average molecular weight is 289 g/mol. The van der Waals surface area contributed by atoms with Gasteiger partial charge in [0.1, 0.15) is 0 Å². The molecule has 0 unspecified atom stereocenters. The second-order valence-corrected chi connectivity index (χ2v) is 6.95. The Balaban J connectivity index is 2.18. The zero-order valence-corrected chi connectivity index (χ0v) is 11.8. The third-order valence-electron chi connectivity index (χ3n) is 3.10. The second-order valence-electron chi connectivity index (χ2n) is 4.58. The van der Waals surface area contributed by atoms with Gasteiger partial charge in [-0.3, -0.25) is 4.72 Å². The Morgan fingerprint density at radius 1 is 1.33 bits per heavy atom. The molecule has 1 aromatic rings. The number of benzene rings is 1. The number of nitrogens with one attached hydrogen (secondary N) is 2. The van der Waals surface area contributed by atoms with E-state index in [9.17, 15) is 8.42 Å². The van der Waals surface area contributed by atoms with Crippen LogP contribution in [0.25, 0.3) is 0 Å². The molecular weight excluding hydrogens is 272 g/mol. The fourth-order valence-corrected chi connectivity index (χ4v) is 3.78. The standard InChI is InChI=1S/C12H17ClN2O2S/c1-9-2-3-11(13)12(8-9)15-18(16,17)10-4-6-14-7-5-10/h2-3,8,10,14-15H,4-7H2,1H3. The van der Waals surface area contributed by atoms with Crippen molar-refractivity contribution in [1.29, 1.82) is 0 Å². The molecule has 2 N–H and O–H groups in total. The lowest BCUT2D eigenvalue weighted by atomic mass is 10.2. The van der Waals surface area contributed by atoms with E-state index in [4.69, 9.17) is 11.6 Å². The normalized spacial score (nSPS) is 17.7. The number of hydrogen-bond acceptors (Lipinski definition) is 3. The van der Waals surface area contributed by atoms with Crippen molar-refractivity contribution < 1.29 is 8.42 Å². The molecule has 0 aromatic heterocycles. The summed E-state index contributed by atoms with van der Waals surface area (Å²) in [6.07, 6.45) is 1.28. The van der Waals surface area contributed by atoms with Crippen LogP contribution in [-0.2, 0) is 10.0 Å². The summed E-state index contributed by atoms with van der Waals surface area (Å²) in [5.41, 5.74) is 1.44. The Bertz CT molecular complexity index is 525. The Morgan fingerprint density at radius 3 is 2.67 bits per heavy atom. The molecule has 2 rings (SSSR count). The van der Waals surface area contributed by atoms with E-state index >= 15 is 0 Å². The van der Waals surface area contributed by atoms with Crippen LogP contribution >= 0.6 is 11.6 Å². The van der Waals surface area contributed by atoms with E-state index in [-0.39, 0.29) is 5.25 Å². The molecule has 0 aliphatic carbocycles. The van der Waals surface area contributed by atoms with Crippen molar-refractivity contribution in [2.24, 2.45) is 0 Å². The molecule has 0 spiro atoms. The molecule has 1 aliphatic heterocycles. The van der Waals surface area contributed by atoms with E-state index in [1.54, 1.807) is 12.1 Å². The molecule has 0 bridgehead atoms. The highest BCUT2D eigenvalue weighted by Gasteiger charge is 2.27. The number of hydrogen-bond donors (Lipinski definition) is 2. The minimum Gasteiger partial charge on any atom is -0.317 e. The van der Waals surface area contributed by atoms with Gasteiger partial charge < -0.3 is 5.32 Å². The third-order valence-corrected chi connectivity index (χ3v) is 5.28. The first-order chi connectivity index (χ1) is 8.49. The zero-order chi connectivity index (χ0) is 13.2. The first kappa shape index (κ1) is 13.6. The number of halogens is 1. The minimum atomic E-state index is -3.35. The average Bonchev–Trinajstić information content (AvgIpc) is 2.35. The molecule has 0 atom stereocenters. The Morgan fingerprint density at radius 2 is 2.00 bits per heavy atom. The molecule has 0 radical (unpaired) electrons.